The first-order valence-corrected chi connectivity index (χ1v) is 8.25. The number of aromatic nitrogens is 1. The van der Waals surface area contributed by atoms with Gasteiger partial charge in [0.25, 0.3) is 11.5 Å². The van der Waals surface area contributed by atoms with Crippen molar-refractivity contribution >= 4 is 29.0 Å². The monoisotopic (exact) mass is 351 g/mol. The molecule has 24 heavy (non-hydrogen) atoms. The first-order valence-electron chi connectivity index (χ1n) is 7.03. The zero-order valence-corrected chi connectivity index (χ0v) is 14.6. The summed E-state index contributed by atoms with van der Waals surface area (Å²) in [6.45, 7) is 1.57. The Hall–Kier alpha value is -2.32. The number of carbonyl (C=O) groups excluding carboxylic acids is 1. The Morgan fingerprint density at radius 3 is 2.67 bits per heavy atom. The highest BCUT2D eigenvalue weighted by atomic mass is 32.2. The minimum absolute atomic E-state index is 0.171. The van der Waals surface area contributed by atoms with Crippen molar-refractivity contribution < 1.29 is 14.0 Å². The summed E-state index contributed by atoms with van der Waals surface area (Å²) in [6.07, 6.45) is 3.22. The molecule has 8 heteroatoms. The number of aryl methyl sites for hydroxylation is 1. The molecule has 2 rings (SSSR count). The van der Waals surface area contributed by atoms with Gasteiger partial charge in [0.2, 0.25) is 0 Å². The van der Waals surface area contributed by atoms with Crippen LogP contribution in [-0.2, 0) is 11.9 Å². The number of benzene rings is 1. The number of amides is 1. The van der Waals surface area contributed by atoms with Gasteiger partial charge in [-0.1, -0.05) is 0 Å². The van der Waals surface area contributed by atoms with Gasteiger partial charge in [0, 0.05) is 23.7 Å². The van der Waals surface area contributed by atoms with E-state index in [1.54, 1.807) is 19.1 Å². The lowest BCUT2D eigenvalue weighted by molar-refractivity contribution is 0.0537. The molecule has 1 aromatic heterocycles. The van der Waals surface area contributed by atoms with Gasteiger partial charge >= 0.3 is 0 Å². The van der Waals surface area contributed by atoms with Crippen molar-refractivity contribution in [3.63, 3.8) is 0 Å². The van der Waals surface area contributed by atoms with Crippen molar-refractivity contribution in [2.75, 3.05) is 18.7 Å². The van der Waals surface area contributed by atoms with E-state index in [4.69, 9.17) is 0 Å². The molecule has 0 aliphatic rings. The molecule has 128 valence electrons. The van der Waals surface area contributed by atoms with Gasteiger partial charge in [-0.25, -0.2) is 9.87 Å². The number of carbonyl (C=O) groups is 1. The van der Waals surface area contributed by atoms with Crippen LogP contribution >= 0.6 is 11.8 Å². The fourth-order valence-corrected chi connectivity index (χ4v) is 2.66. The van der Waals surface area contributed by atoms with Crippen molar-refractivity contribution in [1.29, 1.82) is 0 Å². The number of nitrogens with one attached hydrogen (secondary N) is 2. The highest BCUT2D eigenvalue weighted by molar-refractivity contribution is 7.98. The van der Waals surface area contributed by atoms with E-state index in [2.05, 4.69) is 15.6 Å². The van der Waals surface area contributed by atoms with Crippen LogP contribution < -0.4 is 16.4 Å². The lowest BCUT2D eigenvalue weighted by Crippen LogP contribution is -2.28. The molecule has 0 bridgehead atoms. The minimum Gasteiger partial charge on any atom is -0.352 e. The number of thioether (sulfide) groups is 1. The molecule has 0 aliphatic carbocycles. The highest BCUT2D eigenvalue weighted by Crippen LogP contribution is 2.27. The molecule has 6 nitrogen and oxygen atoms in total. The first kappa shape index (κ1) is 18.0. The van der Waals surface area contributed by atoms with Gasteiger partial charge in [0.15, 0.2) is 0 Å². The topological polar surface area (TPSA) is 72.4 Å². The summed E-state index contributed by atoms with van der Waals surface area (Å²) >= 11 is 1.42. The molecular weight excluding hydrogens is 333 g/mol. The van der Waals surface area contributed by atoms with Gasteiger partial charge in [-0.2, -0.15) is 0 Å². The van der Waals surface area contributed by atoms with Crippen molar-refractivity contribution in [3.8, 4) is 0 Å². The van der Waals surface area contributed by atoms with E-state index >= 15 is 0 Å². The van der Waals surface area contributed by atoms with Crippen LogP contribution in [-0.4, -0.2) is 23.8 Å². The number of rotatable bonds is 5. The quantitative estimate of drug-likeness (QED) is 0.640. The Morgan fingerprint density at radius 1 is 1.38 bits per heavy atom. The minimum atomic E-state index is -0.542. The van der Waals surface area contributed by atoms with Crippen LogP contribution in [0.2, 0.25) is 0 Å². The summed E-state index contributed by atoms with van der Waals surface area (Å²) in [5, 5.41) is 2.85. The summed E-state index contributed by atoms with van der Waals surface area (Å²) in [5.74, 6) is -1.01. The fraction of sp³-hybridized carbons (Fsp3) is 0.250. The normalized spacial score (nSPS) is 10.5. The van der Waals surface area contributed by atoms with E-state index in [-0.39, 0.29) is 22.5 Å². The van der Waals surface area contributed by atoms with Crippen molar-refractivity contribution in [2.45, 2.75) is 11.8 Å². The maximum atomic E-state index is 14.2. The summed E-state index contributed by atoms with van der Waals surface area (Å²) < 4.78 is 15.5. The predicted molar refractivity (Wildman–Crippen MR) is 92.4 cm³/mol. The number of hydroxylamine groups is 1. The summed E-state index contributed by atoms with van der Waals surface area (Å²) in [5.41, 5.74) is 2.81. The molecule has 1 heterocycles. The van der Waals surface area contributed by atoms with Gasteiger partial charge in [-0.3, -0.25) is 14.4 Å². The number of anilines is 2. The largest absolute Gasteiger partial charge is 0.352 e. The maximum Gasteiger partial charge on any atom is 0.278 e. The molecule has 1 amide bonds. The standard InChI is InChI=1S/C16H18FN3O3S/c1-9-14(18-13-6-5-10(24-4)7-12(13)17)11(15(21)19-23-3)8-20(2)16(9)22/h5-8,18H,1-4H3,(H,19,21). The fourth-order valence-electron chi connectivity index (χ4n) is 2.23. The molecule has 0 saturated carbocycles. The smallest absolute Gasteiger partial charge is 0.278 e. The van der Waals surface area contributed by atoms with E-state index < -0.39 is 11.7 Å². The second-order valence-corrected chi connectivity index (χ2v) is 5.94. The second-order valence-electron chi connectivity index (χ2n) is 5.06. The zero-order valence-electron chi connectivity index (χ0n) is 13.8. The van der Waals surface area contributed by atoms with E-state index in [0.717, 1.165) is 4.90 Å². The third-order valence-electron chi connectivity index (χ3n) is 3.48. The molecule has 2 aromatic rings. The number of hydrogen-bond acceptors (Lipinski definition) is 5. The van der Waals surface area contributed by atoms with Crippen molar-refractivity contribution in [2.24, 2.45) is 7.05 Å². The zero-order chi connectivity index (χ0) is 17.9. The van der Waals surface area contributed by atoms with E-state index in [1.165, 1.54) is 42.7 Å². The first-order chi connectivity index (χ1) is 11.4. The summed E-state index contributed by atoms with van der Waals surface area (Å²) in [4.78, 5) is 29.7. The SMILES string of the molecule is CONC(=O)c1cn(C)c(=O)c(C)c1Nc1ccc(SC)cc1F. The lowest BCUT2D eigenvalue weighted by Gasteiger charge is -2.16. The Kier molecular flexibility index (Phi) is 5.63. The van der Waals surface area contributed by atoms with Crippen LogP contribution in [0.25, 0.3) is 0 Å². The molecule has 0 aliphatic heterocycles. The molecule has 0 unspecified atom stereocenters. The van der Waals surface area contributed by atoms with Crippen LogP contribution in [0.4, 0.5) is 15.8 Å². The molecule has 0 saturated heterocycles. The van der Waals surface area contributed by atoms with Gasteiger partial charge in [0.05, 0.1) is 24.0 Å². The number of hydrogen-bond donors (Lipinski definition) is 2. The molecule has 2 N–H and O–H groups in total. The molecule has 1 aromatic carbocycles. The van der Waals surface area contributed by atoms with E-state index in [1.807, 2.05) is 6.26 Å². The van der Waals surface area contributed by atoms with E-state index in [9.17, 15) is 14.0 Å². The lowest BCUT2D eigenvalue weighted by atomic mass is 10.1. The van der Waals surface area contributed by atoms with Crippen LogP contribution in [0.1, 0.15) is 15.9 Å². The number of nitrogens with zero attached hydrogens (tertiary/aromatic N) is 1. The number of pyridine rings is 1. The predicted octanol–water partition coefficient (Wildman–Crippen LogP) is 2.59. The Balaban J connectivity index is 2.54. The molecule has 0 atom stereocenters. The average Bonchev–Trinajstić information content (AvgIpc) is 2.56. The molecule has 0 radical (unpaired) electrons. The van der Waals surface area contributed by atoms with Gasteiger partial charge in [-0.15, -0.1) is 11.8 Å². The van der Waals surface area contributed by atoms with Crippen LogP contribution in [0, 0.1) is 12.7 Å². The highest BCUT2D eigenvalue weighted by Gasteiger charge is 2.18. The molecular formula is C16H18FN3O3S. The Bertz CT molecular complexity index is 836. The number of halogens is 1. The van der Waals surface area contributed by atoms with Gasteiger partial charge < -0.3 is 9.88 Å². The third kappa shape index (κ3) is 3.60. The summed E-state index contributed by atoms with van der Waals surface area (Å²) in [7, 11) is 2.84. The molecule has 0 spiro atoms. The van der Waals surface area contributed by atoms with Crippen molar-refractivity contribution in [1.82, 2.24) is 10.0 Å². The Labute approximate surface area is 143 Å². The Morgan fingerprint density at radius 2 is 2.08 bits per heavy atom. The van der Waals surface area contributed by atoms with E-state index in [0.29, 0.717) is 5.56 Å². The van der Waals surface area contributed by atoms with Crippen LogP contribution in [0.3, 0.4) is 0 Å². The average molecular weight is 351 g/mol. The second kappa shape index (κ2) is 7.50. The summed E-state index contributed by atoms with van der Waals surface area (Å²) in [6, 6.07) is 4.70. The third-order valence-corrected chi connectivity index (χ3v) is 4.21. The maximum absolute atomic E-state index is 14.2. The van der Waals surface area contributed by atoms with Crippen molar-refractivity contribution in [3.05, 3.63) is 51.7 Å². The van der Waals surface area contributed by atoms with Gasteiger partial charge in [0.1, 0.15) is 5.82 Å². The van der Waals surface area contributed by atoms with Gasteiger partial charge in [-0.05, 0) is 31.4 Å². The van der Waals surface area contributed by atoms with Crippen LogP contribution in [0.5, 0.6) is 0 Å². The van der Waals surface area contributed by atoms with Crippen LogP contribution in [0.15, 0.2) is 34.1 Å². The molecule has 0 fully saturated rings.